The molecule has 1 aromatic carbocycles. The van der Waals surface area contributed by atoms with E-state index in [9.17, 15) is 0 Å². The molecule has 0 bridgehead atoms. The van der Waals surface area contributed by atoms with Crippen molar-refractivity contribution in [1.82, 2.24) is 20.3 Å². The van der Waals surface area contributed by atoms with Crippen molar-refractivity contribution >= 4 is 5.96 Å². The molecule has 1 spiro atoms. The maximum Gasteiger partial charge on any atom is 0.222 e. The molecule has 1 saturated heterocycles. The van der Waals surface area contributed by atoms with E-state index in [-0.39, 0.29) is 0 Å². The lowest BCUT2D eigenvalue weighted by Crippen LogP contribution is -2.43. The summed E-state index contributed by atoms with van der Waals surface area (Å²) in [6.45, 7) is 7.97. The Balaban J connectivity index is 1.48. The SMILES string of the molecule is CCCCOc1ccc(CN(Cc2coc(C)n2)C2=NC3(CCN(C)CC3)ON2)cc1. The summed E-state index contributed by atoms with van der Waals surface area (Å²) in [6, 6.07) is 8.26. The van der Waals surface area contributed by atoms with Crippen molar-refractivity contribution in [2.24, 2.45) is 4.99 Å². The van der Waals surface area contributed by atoms with Gasteiger partial charge in [0, 0.05) is 39.4 Å². The Labute approximate surface area is 184 Å². The van der Waals surface area contributed by atoms with Crippen molar-refractivity contribution in [3.63, 3.8) is 0 Å². The third-order valence-corrected chi connectivity index (χ3v) is 5.79. The summed E-state index contributed by atoms with van der Waals surface area (Å²) in [5.41, 5.74) is 4.65. The van der Waals surface area contributed by atoms with Gasteiger partial charge in [-0.05, 0) is 31.2 Å². The number of hydrogen-bond acceptors (Lipinski definition) is 8. The van der Waals surface area contributed by atoms with Crippen LogP contribution in [0.3, 0.4) is 0 Å². The van der Waals surface area contributed by atoms with Crippen LogP contribution in [0.5, 0.6) is 5.75 Å². The maximum atomic E-state index is 5.99. The van der Waals surface area contributed by atoms with Crippen LogP contribution < -0.4 is 10.2 Å². The monoisotopic (exact) mass is 427 g/mol. The molecule has 8 heteroatoms. The molecular formula is C23H33N5O3. The first-order chi connectivity index (χ1) is 15.0. The molecule has 1 fully saturated rings. The molecule has 4 rings (SSSR count). The van der Waals surface area contributed by atoms with Gasteiger partial charge in [-0.1, -0.05) is 25.5 Å². The van der Waals surface area contributed by atoms with E-state index in [0.29, 0.717) is 19.0 Å². The Morgan fingerprint density at radius 1 is 1.19 bits per heavy atom. The lowest BCUT2D eigenvalue weighted by Gasteiger charge is -2.33. The number of hydrogen-bond donors (Lipinski definition) is 1. The molecule has 2 aromatic rings. The van der Waals surface area contributed by atoms with Crippen molar-refractivity contribution < 1.29 is 14.0 Å². The van der Waals surface area contributed by atoms with Crippen molar-refractivity contribution in [2.45, 2.75) is 58.3 Å². The average Bonchev–Trinajstić information content (AvgIpc) is 3.38. The van der Waals surface area contributed by atoms with E-state index in [0.717, 1.165) is 68.3 Å². The van der Waals surface area contributed by atoms with Crippen LogP contribution in [0.2, 0.25) is 0 Å². The second-order valence-electron chi connectivity index (χ2n) is 8.45. The number of aryl methyl sites for hydroxylation is 1. The Morgan fingerprint density at radius 2 is 1.97 bits per heavy atom. The lowest BCUT2D eigenvalue weighted by atomic mass is 10.0. The quantitative estimate of drug-likeness (QED) is 0.647. The second-order valence-corrected chi connectivity index (χ2v) is 8.45. The first kappa shape index (κ1) is 21.6. The van der Waals surface area contributed by atoms with Gasteiger partial charge in [0.2, 0.25) is 5.96 Å². The van der Waals surface area contributed by atoms with Crippen LogP contribution in [-0.4, -0.2) is 53.2 Å². The molecule has 0 atom stereocenters. The van der Waals surface area contributed by atoms with Crippen LogP contribution in [-0.2, 0) is 17.9 Å². The number of hydroxylamine groups is 1. The second kappa shape index (κ2) is 9.70. The van der Waals surface area contributed by atoms with Gasteiger partial charge < -0.3 is 19.0 Å². The molecule has 0 saturated carbocycles. The van der Waals surface area contributed by atoms with Crippen molar-refractivity contribution in [2.75, 3.05) is 26.7 Å². The molecule has 8 nitrogen and oxygen atoms in total. The summed E-state index contributed by atoms with van der Waals surface area (Å²) in [5, 5.41) is 0. The van der Waals surface area contributed by atoms with E-state index in [1.165, 1.54) is 0 Å². The van der Waals surface area contributed by atoms with Crippen molar-refractivity contribution in [1.29, 1.82) is 0 Å². The van der Waals surface area contributed by atoms with Gasteiger partial charge in [-0.15, -0.1) is 0 Å². The Morgan fingerprint density at radius 3 is 2.65 bits per heavy atom. The third kappa shape index (κ3) is 5.57. The van der Waals surface area contributed by atoms with Gasteiger partial charge in [0.1, 0.15) is 12.0 Å². The Hall–Kier alpha value is -2.58. The minimum atomic E-state index is -0.475. The molecule has 2 aliphatic rings. The first-order valence-corrected chi connectivity index (χ1v) is 11.2. The van der Waals surface area contributed by atoms with Crippen LogP contribution in [0.25, 0.3) is 0 Å². The topological polar surface area (TPSA) is 75.4 Å². The van der Waals surface area contributed by atoms with E-state index in [1.54, 1.807) is 6.26 Å². The molecule has 0 amide bonds. The van der Waals surface area contributed by atoms with Gasteiger partial charge in [-0.3, -0.25) is 0 Å². The summed E-state index contributed by atoms with van der Waals surface area (Å²) in [7, 11) is 2.13. The first-order valence-electron chi connectivity index (χ1n) is 11.2. The van der Waals surface area contributed by atoms with Crippen LogP contribution in [0.1, 0.15) is 49.8 Å². The fourth-order valence-corrected chi connectivity index (χ4v) is 3.82. The fraction of sp³-hybridized carbons (Fsp3) is 0.565. The third-order valence-electron chi connectivity index (χ3n) is 5.79. The predicted octanol–water partition coefficient (Wildman–Crippen LogP) is 3.48. The van der Waals surface area contributed by atoms with E-state index < -0.39 is 5.72 Å². The van der Waals surface area contributed by atoms with E-state index in [4.69, 9.17) is 19.0 Å². The zero-order chi connectivity index (χ0) is 21.7. The minimum absolute atomic E-state index is 0.475. The Kier molecular flexibility index (Phi) is 6.77. The molecular weight excluding hydrogens is 394 g/mol. The van der Waals surface area contributed by atoms with Gasteiger partial charge in [0.15, 0.2) is 11.6 Å². The number of guanidine groups is 1. The van der Waals surface area contributed by atoms with Crippen LogP contribution in [0.15, 0.2) is 39.9 Å². The summed E-state index contributed by atoms with van der Waals surface area (Å²) in [4.78, 5) is 19.9. The minimum Gasteiger partial charge on any atom is -0.494 e. The van der Waals surface area contributed by atoms with Gasteiger partial charge in [-0.25, -0.2) is 20.3 Å². The summed E-state index contributed by atoms with van der Waals surface area (Å²) >= 11 is 0. The molecule has 0 radical (unpaired) electrons. The Bertz CT molecular complexity index is 872. The van der Waals surface area contributed by atoms with E-state index in [2.05, 4.69) is 46.4 Å². The standard InChI is InChI=1S/C23H33N5O3/c1-4-5-14-29-21-8-6-19(7-9-21)15-28(16-20-17-30-18(2)24-20)22-25-23(31-26-22)10-12-27(3)13-11-23/h6-9,17H,4-5,10-16H2,1-3H3,(H,25,26). The van der Waals surface area contributed by atoms with Gasteiger partial charge in [0.05, 0.1) is 18.8 Å². The zero-order valence-electron chi connectivity index (χ0n) is 18.8. The number of aliphatic imine (C=N–C) groups is 1. The number of unbranched alkanes of at least 4 members (excludes halogenated alkanes) is 1. The van der Waals surface area contributed by atoms with Gasteiger partial charge >= 0.3 is 0 Å². The number of rotatable bonds is 8. The largest absolute Gasteiger partial charge is 0.494 e. The van der Waals surface area contributed by atoms with Crippen LogP contribution in [0.4, 0.5) is 0 Å². The zero-order valence-corrected chi connectivity index (χ0v) is 18.8. The molecule has 31 heavy (non-hydrogen) atoms. The number of piperidine rings is 1. The summed E-state index contributed by atoms with van der Waals surface area (Å²) in [5.74, 6) is 2.31. The molecule has 0 unspecified atom stereocenters. The highest BCUT2D eigenvalue weighted by Crippen LogP contribution is 2.30. The number of benzene rings is 1. The molecule has 1 N–H and O–H groups in total. The molecule has 3 heterocycles. The summed E-state index contributed by atoms with van der Waals surface area (Å²) < 4.78 is 11.2. The van der Waals surface area contributed by atoms with Crippen LogP contribution in [0, 0.1) is 6.92 Å². The highest BCUT2D eigenvalue weighted by molar-refractivity contribution is 5.80. The number of likely N-dealkylation sites (tertiary alicyclic amines) is 1. The average molecular weight is 428 g/mol. The fourth-order valence-electron chi connectivity index (χ4n) is 3.82. The number of nitrogens with zero attached hydrogens (tertiary/aromatic N) is 4. The lowest BCUT2D eigenvalue weighted by molar-refractivity contribution is -0.0875. The van der Waals surface area contributed by atoms with Crippen molar-refractivity contribution in [3.05, 3.63) is 47.7 Å². The predicted molar refractivity (Wildman–Crippen MR) is 118 cm³/mol. The maximum absolute atomic E-state index is 5.99. The number of aromatic nitrogens is 1. The van der Waals surface area contributed by atoms with E-state index in [1.807, 2.05) is 19.1 Å². The van der Waals surface area contributed by atoms with Crippen molar-refractivity contribution in [3.8, 4) is 5.75 Å². The van der Waals surface area contributed by atoms with Gasteiger partial charge in [-0.2, -0.15) is 0 Å². The number of nitrogens with one attached hydrogen (secondary N) is 1. The van der Waals surface area contributed by atoms with Gasteiger partial charge in [0.25, 0.3) is 0 Å². The van der Waals surface area contributed by atoms with E-state index >= 15 is 0 Å². The number of oxazole rings is 1. The molecule has 1 aromatic heterocycles. The highest BCUT2D eigenvalue weighted by Gasteiger charge is 2.40. The molecule has 2 aliphatic heterocycles. The van der Waals surface area contributed by atoms with Crippen LogP contribution >= 0.6 is 0 Å². The number of ether oxygens (including phenoxy) is 1. The molecule has 168 valence electrons. The normalized spacial score (nSPS) is 18.1. The molecule has 0 aliphatic carbocycles. The highest BCUT2D eigenvalue weighted by atomic mass is 16.7. The summed E-state index contributed by atoms with van der Waals surface area (Å²) in [6.07, 6.45) is 5.65. The smallest absolute Gasteiger partial charge is 0.222 e.